The first kappa shape index (κ1) is 24.7. The van der Waals surface area contributed by atoms with Crippen LogP contribution in [0.4, 0.5) is 5.69 Å². The number of halogens is 1. The predicted molar refractivity (Wildman–Crippen MR) is 152 cm³/mol. The van der Waals surface area contributed by atoms with Crippen LogP contribution in [0.3, 0.4) is 0 Å². The van der Waals surface area contributed by atoms with Gasteiger partial charge in [0.15, 0.2) is 0 Å². The normalized spacial score (nSPS) is 11.7. The molecule has 8 heteroatoms. The maximum atomic E-state index is 13.4. The third-order valence-corrected chi connectivity index (χ3v) is 8.25. The second-order valence-electron chi connectivity index (χ2n) is 8.33. The van der Waals surface area contributed by atoms with Crippen LogP contribution in [0.2, 0.25) is 0 Å². The van der Waals surface area contributed by atoms with Gasteiger partial charge in [0.25, 0.3) is 15.9 Å². The van der Waals surface area contributed by atoms with Crippen molar-refractivity contribution >= 4 is 65.3 Å². The molecule has 184 valence electrons. The van der Waals surface area contributed by atoms with Gasteiger partial charge in [0.05, 0.1) is 16.8 Å². The van der Waals surface area contributed by atoms with Crippen LogP contribution in [0.1, 0.15) is 5.56 Å². The molecule has 5 rings (SSSR count). The molecule has 5 aromatic rings. The molecule has 0 radical (unpaired) electrons. The van der Waals surface area contributed by atoms with Crippen LogP contribution in [-0.4, -0.2) is 27.1 Å². The maximum absolute atomic E-state index is 13.4. The zero-order valence-corrected chi connectivity index (χ0v) is 22.0. The van der Waals surface area contributed by atoms with Crippen molar-refractivity contribution in [3.05, 3.63) is 119 Å². The van der Waals surface area contributed by atoms with E-state index in [1.807, 2.05) is 48.5 Å². The van der Waals surface area contributed by atoms with Gasteiger partial charge in [-0.3, -0.25) is 9.10 Å². The number of rotatable bonds is 7. The number of sulfonamides is 1. The molecule has 0 atom stereocenters. The number of amides is 1. The first-order valence-corrected chi connectivity index (χ1v) is 13.7. The Balaban J connectivity index is 1.44. The van der Waals surface area contributed by atoms with Gasteiger partial charge in [0.1, 0.15) is 6.54 Å². The van der Waals surface area contributed by atoms with Crippen molar-refractivity contribution in [3.8, 4) is 0 Å². The predicted octanol–water partition coefficient (Wildman–Crippen LogP) is 6.10. The van der Waals surface area contributed by atoms with Crippen molar-refractivity contribution in [1.29, 1.82) is 0 Å². The first-order valence-electron chi connectivity index (χ1n) is 11.5. The summed E-state index contributed by atoms with van der Waals surface area (Å²) in [5.41, 5.74) is 3.75. The molecule has 5 aromatic carbocycles. The van der Waals surface area contributed by atoms with Gasteiger partial charge < -0.3 is 0 Å². The summed E-state index contributed by atoms with van der Waals surface area (Å²) in [7, 11) is -3.99. The van der Waals surface area contributed by atoms with Crippen molar-refractivity contribution in [1.82, 2.24) is 5.43 Å². The van der Waals surface area contributed by atoms with Crippen LogP contribution in [-0.2, 0) is 14.8 Å². The second kappa shape index (κ2) is 10.5. The Morgan fingerprint density at radius 1 is 0.811 bits per heavy atom. The van der Waals surface area contributed by atoms with E-state index >= 15 is 0 Å². The van der Waals surface area contributed by atoms with Gasteiger partial charge >= 0.3 is 0 Å². The first-order chi connectivity index (χ1) is 17.9. The fourth-order valence-electron chi connectivity index (χ4n) is 4.16. The Kier molecular flexibility index (Phi) is 7.03. The van der Waals surface area contributed by atoms with Gasteiger partial charge in [-0.15, -0.1) is 0 Å². The quantitative estimate of drug-likeness (QED) is 0.145. The molecule has 0 spiro atoms. The summed E-state index contributed by atoms with van der Waals surface area (Å²) in [6, 6.07) is 32.8. The molecule has 6 nitrogen and oxygen atoms in total. The smallest absolute Gasteiger partial charge is 0.264 e. The summed E-state index contributed by atoms with van der Waals surface area (Å²) in [6.07, 6.45) is 1.61. The molecule has 0 saturated carbocycles. The fraction of sp³-hybridized carbons (Fsp3) is 0.0345. The van der Waals surface area contributed by atoms with Gasteiger partial charge in [-0.05, 0) is 64.0 Å². The zero-order valence-electron chi connectivity index (χ0n) is 19.6. The number of fused-ring (bicyclic) bond motifs is 2. The highest BCUT2D eigenvalue weighted by Crippen LogP contribution is 2.28. The lowest BCUT2D eigenvalue weighted by molar-refractivity contribution is -0.119. The summed E-state index contributed by atoms with van der Waals surface area (Å²) in [6.45, 7) is -0.438. The lowest BCUT2D eigenvalue weighted by atomic mass is 9.97. The molecule has 1 amide bonds. The van der Waals surface area contributed by atoms with Crippen molar-refractivity contribution in [3.63, 3.8) is 0 Å². The van der Waals surface area contributed by atoms with E-state index < -0.39 is 22.5 Å². The Morgan fingerprint density at radius 3 is 2.00 bits per heavy atom. The number of hydrazone groups is 1. The van der Waals surface area contributed by atoms with Crippen molar-refractivity contribution in [2.24, 2.45) is 5.10 Å². The maximum Gasteiger partial charge on any atom is 0.264 e. The Bertz CT molecular complexity index is 1670. The molecular weight excluding hydrogens is 550 g/mol. The van der Waals surface area contributed by atoms with Crippen LogP contribution >= 0.6 is 15.9 Å². The van der Waals surface area contributed by atoms with Gasteiger partial charge in [-0.2, -0.15) is 5.10 Å². The Labute approximate surface area is 223 Å². The van der Waals surface area contributed by atoms with Crippen LogP contribution < -0.4 is 9.73 Å². The van der Waals surface area contributed by atoms with Gasteiger partial charge in [0, 0.05) is 10.0 Å². The number of benzene rings is 5. The Hall–Kier alpha value is -4.01. The van der Waals surface area contributed by atoms with Crippen molar-refractivity contribution in [2.45, 2.75) is 4.90 Å². The lowest BCUT2D eigenvalue weighted by Gasteiger charge is -2.23. The number of nitrogens with zero attached hydrogens (tertiary/aromatic N) is 2. The van der Waals surface area contributed by atoms with E-state index in [1.165, 1.54) is 12.1 Å². The number of carbonyl (C=O) groups is 1. The van der Waals surface area contributed by atoms with Crippen LogP contribution in [0.25, 0.3) is 21.5 Å². The van der Waals surface area contributed by atoms with Gasteiger partial charge in [0.2, 0.25) is 0 Å². The van der Waals surface area contributed by atoms with Crippen LogP contribution in [0, 0.1) is 0 Å². The molecule has 0 aromatic heterocycles. The highest BCUT2D eigenvalue weighted by atomic mass is 79.9. The molecule has 1 N–H and O–H groups in total. The van der Waals surface area contributed by atoms with Crippen LogP contribution in [0.15, 0.2) is 124 Å². The van der Waals surface area contributed by atoms with E-state index in [0.717, 1.165) is 35.9 Å². The summed E-state index contributed by atoms with van der Waals surface area (Å²) >= 11 is 3.36. The number of nitrogens with one attached hydrogen (secondary N) is 1. The second-order valence-corrected chi connectivity index (χ2v) is 11.1. The molecule has 0 aliphatic rings. The molecule has 37 heavy (non-hydrogen) atoms. The third kappa shape index (κ3) is 5.26. The minimum Gasteiger partial charge on any atom is -0.271 e. The van der Waals surface area contributed by atoms with E-state index in [9.17, 15) is 13.2 Å². The van der Waals surface area contributed by atoms with E-state index in [1.54, 1.807) is 48.7 Å². The van der Waals surface area contributed by atoms with E-state index in [0.29, 0.717) is 5.69 Å². The number of carbonyl (C=O) groups excluding carboxylic acids is 1. The highest BCUT2D eigenvalue weighted by molar-refractivity contribution is 9.10. The monoisotopic (exact) mass is 571 g/mol. The van der Waals surface area contributed by atoms with Gasteiger partial charge in [-0.1, -0.05) is 82.7 Å². The molecule has 0 unspecified atom stereocenters. The van der Waals surface area contributed by atoms with Crippen LogP contribution in [0.5, 0.6) is 0 Å². The van der Waals surface area contributed by atoms with E-state index in [4.69, 9.17) is 0 Å². The standard InChI is InChI=1S/C29H22BrN3O3S/c30-23-14-16-24(17-15-23)33(37(35,36)25-10-2-1-3-11-25)20-29(34)32-31-19-28-26-12-6-4-8-21(26)18-22-9-5-7-13-27(22)28/h1-19H,20H2,(H,32,34)/b31-19-. The zero-order chi connectivity index (χ0) is 25.8. The molecule has 0 bridgehead atoms. The summed E-state index contributed by atoms with van der Waals surface area (Å²) in [5.74, 6) is -0.566. The Morgan fingerprint density at radius 2 is 1.38 bits per heavy atom. The molecule has 0 aliphatic carbocycles. The molecule has 0 fully saturated rings. The molecule has 0 heterocycles. The third-order valence-electron chi connectivity index (χ3n) is 5.93. The van der Waals surface area contributed by atoms with Crippen molar-refractivity contribution in [2.75, 3.05) is 10.8 Å². The minimum absolute atomic E-state index is 0.0939. The van der Waals surface area contributed by atoms with Gasteiger partial charge in [-0.25, -0.2) is 13.8 Å². The average Bonchev–Trinajstić information content (AvgIpc) is 2.92. The lowest BCUT2D eigenvalue weighted by Crippen LogP contribution is -2.39. The number of hydrogen-bond acceptors (Lipinski definition) is 4. The molecule has 0 saturated heterocycles. The fourth-order valence-corrected chi connectivity index (χ4v) is 5.87. The highest BCUT2D eigenvalue weighted by Gasteiger charge is 2.27. The summed E-state index contributed by atoms with van der Waals surface area (Å²) in [5, 5.41) is 8.33. The average molecular weight is 572 g/mol. The minimum atomic E-state index is -3.99. The van der Waals surface area contributed by atoms with E-state index in [-0.39, 0.29) is 4.90 Å². The summed E-state index contributed by atoms with van der Waals surface area (Å²) < 4.78 is 28.7. The number of anilines is 1. The topological polar surface area (TPSA) is 78.8 Å². The van der Waals surface area contributed by atoms with E-state index in [2.05, 4.69) is 32.5 Å². The molecule has 0 aliphatic heterocycles. The SMILES string of the molecule is O=C(CN(c1ccc(Br)cc1)S(=O)(=O)c1ccccc1)N/N=C\c1c2ccccc2cc2ccccc12. The van der Waals surface area contributed by atoms with Crippen molar-refractivity contribution < 1.29 is 13.2 Å². The summed E-state index contributed by atoms with van der Waals surface area (Å²) in [4.78, 5) is 13.0. The largest absolute Gasteiger partial charge is 0.271 e. The number of hydrogen-bond donors (Lipinski definition) is 1. The molecular formula is C29H22BrN3O3S.